The van der Waals surface area contributed by atoms with Crippen LogP contribution in [0.4, 0.5) is 0 Å². The standard InChI is InChI=1S/C8H8ClNO/c1-11-10-6-7-2-4-8(9)5-3-7/h2-6H,1H3/b10-6+. The molecule has 0 N–H and O–H groups in total. The molecule has 0 saturated heterocycles. The third-order valence-electron chi connectivity index (χ3n) is 1.18. The van der Waals surface area contributed by atoms with Crippen molar-refractivity contribution in [3.63, 3.8) is 0 Å². The van der Waals surface area contributed by atoms with Crippen LogP contribution in [0, 0.1) is 0 Å². The Morgan fingerprint density at radius 3 is 2.55 bits per heavy atom. The minimum atomic E-state index is 0.722. The second-order valence-corrected chi connectivity index (χ2v) is 2.41. The van der Waals surface area contributed by atoms with Crippen LogP contribution >= 0.6 is 11.6 Å². The smallest absolute Gasteiger partial charge is 0.106 e. The van der Waals surface area contributed by atoms with Gasteiger partial charge in [-0.1, -0.05) is 28.9 Å². The van der Waals surface area contributed by atoms with Gasteiger partial charge in [0.2, 0.25) is 0 Å². The number of hydrogen-bond donors (Lipinski definition) is 0. The summed E-state index contributed by atoms with van der Waals surface area (Å²) in [5, 5.41) is 4.33. The number of rotatable bonds is 2. The zero-order chi connectivity index (χ0) is 8.10. The number of benzene rings is 1. The molecule has 0 spiro atoms. The molecule has 0 atom stereocenters. The first-order valence-electron chi connectivity index (χ1n) is 3.15. The highest BCUT2D eigenvalue weighted by Crippen LogP contribution is 2.07. The van der Waals surface area contributed by atoms with Crippen LogP contribution in [0.5, 0.6) is 0 Å². The van der Waals surface area contributed by atoms with Crippen LogP contribution in [-0.2, 0) is 4.84 Å². The van der Waals surface area contributed by atoms with E-state index in [2.05, 4.69) is 9.99 Å². The Balaban J connectivity index is 2.73. The fraction of sp³-hybridized carbons (Fsp3) is 0.125. The molecule has 11 heavy (non-hydrogen) atoms. The molecule has 1 aromatic carbocycles. The van der Waals surface area contributed by atoms with Crippen molar-refractivity contribution < 1.29 is 4.84 Å². The largest absolute Gasteiger partial charge is 0.399 e. The van der Waals surface area contributed by atoms with Gasteiger partial charge >= 0.3 is 0 Å². The predicted molar refractivity (Wildman–Crippen MR) is 46.1 cm³/mol. The lowest BCUT2D eigenvalue weighted by atomic mass is 10.2. The SMILES string of the molecule is CO/N=C/c1ccc(Cl)cc1. The first-order chi connectivity index (χ1) is 5.33. The summed E-state index contributed by atoms with van der Waals surface area (Å²) in [6.45, 7) is 0. The molecule has 0 bridgehead atoms. The van der Waals surface area contributed by atoms with Gasteiger partial charge in [0.1, 0.15) is 7.11 Å². The Morgan fingerprint density at radius 1 is 1.36 bits per heavy atom. The molecule has 1 rings (SSSR count). The normalized spacial score (nSPS) is 10.4. The van der Waals surface area contributed by atoms with Gasteiger partial charge in [0.15, 0.2) is 0 Å². The van der Waals surface area contributed by atoms with Gasteiger partial charge in [-0.05, 0) is 17.7 Å². The molecule has 3 heteroatoms. The average Bonchev–Trinajstić information content (AvgIpc) is 2.04. The lowest BCUT2D eigenvalue weighted by Crippen LogP contribution is -1.79. The van der Waals surface area contributed by atoms with E-state index in [1.54, 1.807) is 18.3 Å². The average molecular weight is 170 g/mol. The molecule has 0 heterocycles. The van der Waals surface area contributed by atoms with Crippen molar-refractivity contribution in [3.05, 3.63) is 34.9 Å². The topological polar surface area (TPSA) is 21.6 Å². The van der Waals surface area contributed by atoms with Crippen molar-refractivity contribution in [2.24, 2.45) is 5.16 Å². The number of halogens is 1. The molecule has 0 aromatic heterocycles. The summed E-state index contributed by atoms with van der Waals surface area (Å²) in [6.07, 6.45) is 1.62. The summed E-state index contributed by atoms with van der Waals surface area (Å²) in [5.74, 6) is 0. The van der Waals surface area contributed by atoms with Crippen LogP contribution < -0.4 is 0 Å². The lowest BCUT2D eigenvalue weighted by Gasteiger charge is -1.91. The Bertz CT molecular complexity index is 243. The molecule has 0 aliphatic heterocycles. The van der Waals surface area contributed by atoms with Gasteiger partial charge in [-0.3, -0.25) is 0 Å². The molecule has 2 nitrogen and oxygen atoms in total. The van der Waals surface area contributed by atoms with E-state index in [-0.39, 0.29) is 0 Å². The van der Waals surface area contributed by atoms with Crippen molar-refractivity contribution in [3.8, 4) is 0 Å². The van der Waals surface area contributed by atoms with Crippen LogP contribution in [0.2, 0.25) is 5.02 Å². The van der Waals surface area contributed by atoms with Crippen molar-refractivity contribution in [1.29, 1.82) is 0 Å². The lowest BCUT2D eigenvalue weighted by molar-refractivity contribution is 0.215. The van der Waals surface area contributed by atoms with E-state index in [0.717, 1.165) is 10.6 Å². The monoisotopic (exact) mass is 169 g/mol. The highest BCUT2D eigenvalue weighted by atomic mass is 35.5. The number of nitrogens with zero attached hydrogens (tertiary/aromatic N) is 1. The van der Waals surface area contributed by atoms with E-state index in [9.17, 15) is 0 Å². The van der Waals surface area contributed by atoms with Crippen LogP contribution in [0.25, 0.3) is 0 Å². The quantitative estimate of drug-likeness (QED) is 0.492. The molecule has 58 valence electrons. The highest BCUT2D eigenvalue weighted by molar-refractivity contribution is 6.30. The zero-order valence-electron chi connectivity index (χ0n) is 6.12. The maximum Gasteiger partial charge on any atom is 0.106 e. The third-order valence-corrected chi connectivity index (χ3v) is 1.43. The van der Waals surface area contributed by atoms with Crippen LogP contribution in [0.15, 0.2) is 29.4 Å². The van der Waals surface area contributed by atoms with Crippen LogP contribution in [0.3, 0.4) is 0 Å². The molecule has 0 amide bonds. The van der Waals surface area contributed by atoms with E-state index in [1.165, 1.54) is 7.11 Å². The highest BCUT2D eigenvalue weighted by Gasteiger charge is 1.86. The Morgan fingerprint density at radius 2 is 2.00 bits per heavy atom. The van der Waals surface area contributed by atoms with Gasteiger partial charge in [-0.25, -0.2) is 0 Å². The van der Waals surface area contributed by atoms with Gasteiger partial charge < -0.3 is 4.84 Å². The fourth-order valence-corrected chi connectivity index (χ4v) is 0.788. The molecule has 0 fully saturated rings. The first kappa shape index (κ1) is 8.08. The van der Waals surface area contributed by atoms with Crippen molar-refractivity contribution in [1.82, 2.24) is 0 Å². The first-order valence-corrected chi connectivity index (χ1v) is 3.53. The van der Waals surface area contributed by atoms with Crippen LogP contribution in [0.1, 0.15) is 5.56 Å². The maximum absolute atomic E-state index is 5.67. The molecular formula is C8H8ClNO. The van der Waals surface area contributed by atoms with Gasteiger partial charge in [-0.15, -0.1) is 0 Å². The van der Waals surface area contributed by atoms with Crippen molar-refractivity contribution in [2.75, 3.05) is 7.11 Å². The molecule has 0 saturated carbocycles. The van der Waals surface area contributed by atoms with E-state index < -0.39 is 0 Å². The Kier molecular flexibility index (Phi) is 2.93. The number of hydrogen-bond acceptors (Lipinski definition) is 2. The van der Waals surface area contributed by atoms with E-state index in [1.807, 2.05) is 12.1 Å². The fourth-order valence-electron chi connectivity index (χ4n) is 0.662. The van der Waals surface area contributed by atoms with E-state index in [0.29, 0.717) is 0 Å². The second kappa shape index (κ2) is 3.98. The van der Waals surface area contributed by atoms with Crippen LogP contribution in [-0.4, -0.2) is 13.3 Å². The molecule has 1 aromatic rings. The Labute approximate surface area is 70.4 Å². The van der Waals surface area contributed by atoms with Crippen molar-refractivity contribution >= 4 is 17.8 Å². The summed E-state index contributed by atoms with van der Waals surface area (Å²) < 4.78 is 0. The van der Waals surface area contributed by atoms with Gasteiger partial charge in [-0.2, -0.15) is 0 Å². The molecule has 0 unspecified atom stereocenters. The zero-order valence-corrected chi connectivity index (χ0v) is 6.88. The summed E-state index contributed by atoms with van der Waals surface area (Å²) in [5.41, 5.74) is 0.969. The summed E-state index contributed by atoms with van der Waals surface area (Å²) in [4.78, 5) is 4.51. The molecule has 0 radical (unpaired) electrons. The Hall–Kier alpha value is -1.02. The minimum Gasteiger partial charge on any atom is -0.399 e. The van der Waals surface area contributed by atoms with E-state index >= 15 is 0 Å². The van der Waals surface area contributed by atoms with Gasteiger partial charge in [0, 0.05) is 5.02 Å². The summed E-state index contributed by atoms with van der Waals surface area (Å²) in [6, 6.07) is 7.34. The second-order valence-electron chi connectivity index (χ2n) is 1.97. The predicted octanol–water partition coefficient (Wildman–Crippen LogP) is 2.32. The summed E-state index contributed by atoms with van der Waals surface area (Å²) >= 11 is 5.67. The summed E-state index contributed by atoms with van der Waals surface area (Å²) in [7, 11) is 1.51. The van der Waals surface area contributed by atoms with Gasteiger partial charge in [0.05, 0.1) is 6.21 Å². The molecule has 0 aliphatic rings. The maximum atomic E-state index is 5.67. The third kappa shape index (κ3) is 2.60. The number of oxime groups is 1. The van der Waals surface area contributed by atoms with Crippen molar-refractivity contribution in [2.45, 2.75) is 0 Å². The molecule has 0 aliphatic carbocycles. The van der Waals surface area contributed by atoms with E-state index in [4.69, 9.17) is 11.6 Å². The minimum absolute atomic E-state index is 0.722. The molecular weight excluding hydrogens is 162 g/mol. The van der Waals surface area contributed by atoms with Gasteiger partial charge in [0.25, 0.3) is 0 Å².